The Morgan fingerprint density at radius 1 is 0.739 bits per heavy atom. The summed E-state index contributed by atoms with van der Waals surface area (Å²) >= 11 is 8.81. The van der Waals surface area contributed by atoms with Crippen LogP contribution in [-0.4, -0.2) is 0 Å². The minimum Gasteiger partial charge on any atom is -0.362 e. The Labute approximate surface area is 156 Å². The van der Waals surface area contributed by atoms with Gasteiger partial charge in [0.25, 0.3) is 0 Å². The molecule has 0 N–H and O–H groups in total. The van der Waals surface area contributed by atoms with Crippen molar-refractivity contribution in [3.8, 4) is 0 Å². The van der Waals surface area contributed by atoms with E-state index in [1.807, 2.05) is 24.3 Å². The van der Waals surface area contributed by atoms with Crippen LogP contribution in [0.3, 0.4) is 0 Å². The van der Waals surface area contributed by atoms with Gasteiger partial charge in [-0.25, -0.2) is 0 Å². The van der Waals surface area contributed by atoms with E-state index in [4.69, 9.17) is 11.6 Å². The van der Waals surface area contributed by atoms with Crippen LogP contribution < -0.4 is 4.90 Å². The number of rotatable bonds is 5. The van der Waals surface area contributed by atoms with Crippen LogP contribution in [0.25, 0.3) is 0 Å². The molecule has 116 valence electrons. The fourth-order valence-electron chi connectivity index (χ4n) is 2.56. The molecule has 0 spiro atoms. The summed E-state index contributed by atoms with van der Waals surface area (Å²) in [5.41, 5.74) is 3.63. The Kier molecular flexibility index (Phi) is 5.57. The van der Waals surface area contributed by atoms with Crippen molar-refractivity contribution in [2.75, 3.05) is 4.90 Å². The van der Waals surface area contributed by atoms with E-state index in [1.54, 1.807) is 0 Å². The zero-order valence-electron chi connectivity index (χ0n) is 12.6. The van der Waals surface area contributed by atoms with Gasteiger partial charge < -0.3 is 4.90 Å². The van der Waals surface area contributed by atoms with Crippen LogP contribution in [-0.2, 0) is 13.1 Å². The lowest BCUT2D eigenvalue weighted by Gasteiger charge is -2.26. The van der Waals surface area contributed by atoms with Crippen LogP contribution in [0, 0.1) is 3.57 Å². The van der Waals surface area contributed by atoms with Crippen molar-refractivity contribution in [3.63, 3.8) is 0 Å². The van der Waals surface area contributed by atoms with Crippen LogP contribution in [0.5, 0.6) is 0 Å². The first-order valence-electron chi connectivity index (χ1n) is 7.50. The Morgan fingerprint density at radius 3 is 1.78 bits per heavy atom. The molecule has 0 fully saturated rings. The molecule has 0 aliphatic carbocycles. The lowest BCUT2D eigenvalue weighted by Crippen LogP contribution is -2.22. The summed E-state index contributed by atoms with van der Waals surface area (Å²) < 4.78 is 1.19. The normalized spacial score (nSPS) is 10.5. The molecule has 1 nitrogen and oxygen atoms in total. The van der Waals surface area contributed by atoms with Crippen molar-refractivity contribution in [1.29, 1.82) is 0 Å². The first-order chi connectivity index (χ1) is 11.2. The molecule has 3 heteroatoms. The maximum Gasteiger partial charge on any atom is 0.0640 e. The van der Waals surface area contributed by atoms with E-state index in [2.05, 4.69) is 82.1 Å². The summed E-state index contributed by atoms with van der Waals surface area (Å²) in [6.07, 6.45) is 0. The van der Waals surface area contributed by atoms with Gasteiger partial charge in [0.2, 0.25) is 0 Å². The Morgan fingerprint density at radius 2 is 1.26 bits per heavy atom. The number of anilines is 1. The molecule has 0 aliphatic rings. The highest BCUT2D eigenvalue weighted by molar-refractivity contribution is 14.1. The first-order valence-corrected chi connectivity index (χ1v) is 8.96. The molecule has 0 aliphatic heterocycles. The highest BCUT2D eigenvalue weighted by atomic mass is 127. The molecule has 0 radical (unpaired) electrons. The number of hydrogen-bond donors (Lipinski definition) is 0. The lowest BCUT2D eigenvalue weighted by molar-refractivity contribution is 0.800. The predicted octanol–water partition coefficient (Wildman–Crippen LogP) is 6.15. The van der Waals surface area contributed by atoms with Gasteiger partial charge in [0.15, 0.2) is 0 Å². The summed E-state index contributed by atoms with van der Waals surface area (Å²) in [4.78, 5) is 2.33. The fraction of sp³-hybridized carbons (Fsp3) is 0.100. The summed E-state index contributed by atoms with van der Waals surface area (Å²) in [5.74, 6) is 0. The van der Waals surface area contributed by atoms with Gasteiger partial charge in [-0.15, -0.1) is 0 Å². The molecule has 0 bridgehead atoms. The van der Waals surface area contributed by atoms with Crippen molar-refractivity contribution in [2.45, 2.75) is 13.1 Å². The van der Waals surface area contributed by atoms with Crippen molar-refractivity contribution in [2.24, 2.45) is 0 Å². The smallest absolute Gasteiger partial charge is 0.0640 e. The topological polar surface area (TPSA) is 3.24 Å². The van der Waals surface area contributed by atoms with Crippen molar-refractivity contribution in [3.05, 3.63) is 98.6 Å². The number of hydrogen-bond acceptors (Lipinski definition) is 1. The van der Waals surface area contributed by atoms with Crippen molar-refractivity contribution < 1.29 is 0 Å². The zero-order valence-corrected chi connectivity index (χ0v) is 15.5. The summed E-state index contributed by atoms with van der Waals surface area (Å²) in [6, 6.07) is 27.2. The minimum absolute atomic E-state index is 0.789. The van der Waals surface area contributed by atoms with Crippen molar-refractivity contribution in [1.82, 2.24) is 0 Å². The van der Waals surface area contributed by atoms with Gasteiger partial charge in [-0.1, -0.05) is 72.3 Å². The molecule has 0 atom stereocenters. The average Bonchev–Trinajstić information content (AvgIpc) is 2.58. The molecule has 0 saturated carbocycles. The molecule has 0 aromatic heterocycles. The third-order valence-electron chi connectivity index (χ3n) is 3.68. The van der Waals surface area contributed by atoms with E-state index >= 15 is 0 Å². The maximum absolute atomic E-state index is 6.48. The van der Waals surface area contributed by atoms with Crippen LogP contribution in [0.4, 0.5) is 5.69 Å². The molecular weight excluding hydrogens is 417 g/mol. The van der Waals surface area contributed by atoms with Crippen LogP contribution in [0.2, 0.25) is 5.02 Å². The summed E-state index contributed by atoms with van der Waals surface area (Å²) in [6.45, 7) is 1.66. The molecule has 0 amide bonds. The van der Waals surface area contributed by atoms with E-state index in [-0.39, 0.29) is 0 Å². The highest BCUT2D eigenvalue weighted by Crippen LogP contribution is 2.30. The van der Waals surface area contributed by atoms with Gasteiger partial charge >= 0.3 is 0 Å². The second kappa shape index (κ2) is 7.84. The lowest BCUT2D eigenvalue weighted by atomic mass is 10.1. The molecule has 3 aromatic carbocycles. The predicted molar refractivity (Wildman–Crippen MR) is 107 cm³/mol. The molecule has 0 heterocycles. The quantitative estimate of drug-likeness (QED) is 0.436. The molecule has 3 rings (SSSR count). The second-order valence-corrected chi connectivity index (χ2v) is 7.08. The SMILES string of the molecule is Clc1ccc(I)cc1N(Cc1ccccc1)Cc1ccccc1. The number of halogens is 2. The van der Waals surface area contributed by atoms with Gasteiger partial charge in [0.1, 0.15) is 0 Å². The van der Waals surface area contributed by atoms with E-state index in [0.29, 0.717) is 0 Å². The Bertz CT molecular complexity index is 718. The molecular formula is C20H17ClIN. The Balaban J connectivity index is 1.94. The third-order valence-corrected chi connectivity index (χ3v) is 4.67. The largest absolute Gasteiger partial charge is 0.362 e. The fourth-order valence-corrected chi connectivity index (χ4v) is 3.27. The van der Waals surface area contributed by atoms with Crippen LogP contribution in [0.1, 0.15) is 11.1 Å². The van der Waals surface area contributed by atoms with Crippen molar-refractivity contribution >= 4 is 39.9 Å². The second-order valence-electron chi connectivity index (χ2n) is 5.42. The molecule has 0 unspecified atom stereocenters. The van der Waals surface area contributed by atoms with E-state index < -0.39 is 0 Å². The average molecular weight is 434 g/mol. The van der Waals surface area contributed by atoms with E-state index in [0.717, 1.165) is 23.8 Å². The highest BCUT2D eigenvalue weighted by Gasteiger charge is 2.12. The van der Waals surface area contributed by atoms with E-state index in [1.165, 1.54) is 14.7 Å². The molecule has 3 aromatic rings. The van der Waals surface area contributed by atoms with Gasteiger partial charge in [-0.3, -0.25) is 0 Å². The van der Waals surface area contributed by atoms with E-state index in [9.17, 15) is 0 Å². The number of nitrogens with zero attached hydrogens (tertiary/aromatic N) is 1. The summed E-state index contributed by atoms with van der Waals surface area (Å²) in [5, 5.41) is 0.789. The first kappa shape index (κ1) is 16.3. The third kappa shape index (κ3) is 4.49. The maximum atomic E-state index is 6.48. The van der Waals surface area contributed by atoms with Crippen LogP contribution in [0.15, 0.2) is 78.9 Å². The number of benzene rings is 3. The standard InChI is InChI=1S/C20H17ClIN/c21-19-12-11-18(22)13-20(19)23(14-16-7-3-1-4-8-16)15-17-9-5-2-6-10-17/h1-13H,14-15H2. The minimum atomic E-state index is 0.789. The van der Waals surface area contributed by atoms with Gasteiger partial charge in [-0.05, 0) is 51.9 Å². The van der Waals surface area contributed by atoms with Crippen LogP contribution >= 0.6 is 34.2 Å². The monoisotopic (exact) mass is 433 g/mol. The molecule has 23 heavy (non-hydrogen) atoms. The Hall–Kier alpha value is -1.52. The zero-order chi connectivity index (χ0) is 16.1. The molecule has 0 saturated heterocycles. The van der Waals surface area contributed by atoms with Gasteiger partial charge in [0, 0.05) is 16.7 Å². The van der Waals surface area contributed by atoms with Gasteiger partial charge in [0.05, 0.1) is 10.7 Å². The van der Waals surface area contributed by atoms with Gasteiger partial charge in [-0.2, -0.15) is 0 Å². The summed E-state index contributed by atoms with van der Waals surface area (Å²) in [7, 11) is 0.